The highest BCUT2D eigenvalue weighted by atomic mass is 19.4. The van der Waals surface area contributed by atoms with Crippen molar-refractivity contribution in [1.82, 2.24) is 19.1 Å². The van der Waals surface area contributed by atoms with E-state index >= 15 is 0 Å². The summed E-state index contributed by atoms with van der Waals surface area (Å²) in [4.78, 5) is 32.5. The van der Waals surface area contributed by atoms with Crippen LogP contribution in [-0.2, 0) is 12.7 Å². The molecule has 9 heteroatoms. The van der Waals surface area contributed by atoms with Gasteiger partial charge in [-0.1, -0.05) is 30.3 Å². The number of H-pyrrole nitrogens is 1. The highest BCUT2D eigenvalue weighted by molar-refractivity contribution is 5.71. The lowest BCUT2D eigenvalue weighted by Gasteiger charge is -2.12. The highest BCUT2D eigenvalue weighted by Gasteiger charge is 2.30. The van der Waals surface area contributed by atoms with Crippen molar-refractivity contribution in [3.8, 4) is 5.69 Å². The van der Waals surface area contributed by atoms with Gasteiger partial charge in [-0.3, -0.25) is 9.36 Å². The van der Waals surface area contributed by atoms with E-state index in [2.05, 4.69) is 9.97 Å². The second-order valence-corrected chi connectivity index (χ2v) is 6.14. The zero-order valence-electron chi connectivity index (χ0n) is 14.3. The number of fused-ring (bicyclic) bond motifs is 1. The van der Waals surface area contributed by atoms with E-state index in [1.165, 1.54) is 23.0 Å². The van der Waals surface area contributed by atoms with Gasteiger partial charge >= 0.3 is 11.9 Å². The Morgan fingerprint density at radius 2 is 1.75 bits per heavy atom. The number of alkyl halides is 3. The van der Waals surface area contributed by atoms with Gasteiger partial charge in [-0.2, -0.15) is 13.2 Å². The van der Waals surface area contributed by atoms with E-state index < -0.39 is 23.0 Å². The van der Waals surface area contributed by atoms with Crippen molar-refractivity contribution in [1.29, 1.82) is 0 Å². The van der Waals surface area contributed by atoms with Gasteiger partial charge in [-0.25, -0.2) is 14.3 Å². The van der Waals surface area contributed by atoms with Crippen LogP contribution in [0.3, 0.4) is 0 Å². The number of halogens is 3. The third kappa shape index (κ3) is 3.00. The summed E-state index contributed by atoms with van der Waals surface area (Å²) >= 11 is 0. The van der Waals surface area contributed by atoms with Crippen LogP contribution in [0.1, 0.15) is 11.1 Å². The van der Waals surface area contributed by atoms with Crippen molar-refractivity contribution in [3.05, 3.63) is 92.9 Å². The van der Waals surface area contributed by atoms with Crippen LogP contribution in [-0.4, -0.2) is 19.1 Å². The van der Waals surface area contributed by atoms with Gasteiger partial charge in [-0.05, 0) is 29.8 Å². The van der Waals surface area contributed by atoms with Crippen LogP contribution in [0.25, 0.3) is 16.9 Å². The number of imidazole rings is 1. The lowest BCUT2D eigenvalue weighted by atomic mass is 10.1. The normalized spacial score (nSPS) is 11.8. The molecule has 0 aliphatic carbocycles. The van der Waals surface area contributed by atoms with Crippen LogP contribution in [0.5, 0.6) is 0 Å². The van der Waals surface area contributed by atoms with E-state index in [1.807, 2.05) is 0 Å². The average molecular weight is 386 g/mol. The molecule has 28 heavy (non-hydrogen) atoms. The molecule has 4 aromatic rings. The third-order valence-electron chi connectivity index (χ3n) is 4.32. The first-order valence-corrected chi connectivity index (χ1v) is 8.27. The fraction of sp³-hybridized carbons (Fsp3) is 0.105. The molecule has 0 fully saturated rings. The Morgan fingerprint density at radius 3 is 2.46 bits per heavy atom. The smallest absolute Gasteiger partial charge is 0.339 e. The Hall–Kier alpha value is -3.62. The minimum atomic E-state index is -4.52. The molecule has 0 aliphatic heterocycles. The Balaban J connectivity index is 1.92. The summed E-state index contributed by atoms with van der Waals surface area (Å²) in [6.45, 7) is -0.302. The van der Waals surface area contributed by atoms with Crippen molar-refractivity contribution in [2.45, 2.75) is 12.7 Å². The lowest BCUT2D eigenvalue weighted by molar-refractivity contribution is -0.137. The molecule has 0 bridgehead atoms. The van der Waals surface area contributed by atoms with E-state index in [0.717, 1.165) is 16.7 Å². The first kappa shape index (κ1) is 17.8. The van der Waals surface area contributed by atoms with E-state index in [0.29, 0.717) is 5.69 Å². The molecule has 1 N–H and O–H groups in total. The number of nitrogens with zero attached hydrogens (tertiary/aromatic N) is 3. The van der Waals surface area contributed by atoms with Gasteiger partial charge in [0.1, 0.15) is 5.52 Å². The van der Waals surface area contributed by atoms with Gasteiger partial charge in [0.25, 0.3) is 5.56 Å². The zero-order chi connectivity index (χ0) is 19.9. The summed E-state index contributed by atoms with van der Waals surface area (Å²) in [6, 6.07) is 13.1. The van der Waals surface area contributed by atoms with Gasteiger partial charge in [0.05, 0.1) is 24.1 Å². The van der Waals surface area contributed by atoms with Crippen LogP contribution >= 0.6 is 0 Å². The number of rotatable bonds is 3. The average Bonchev–Trinajstić information content (AvgIpc) is 3.15. The second kappa shape index (κ2) is 6.52. The van der Waals surface area contributed by atoms with Gasteiger partial charge in [0.2, 0.25) is 0 Å². The van der Waals surface area contributed by atoms with Gasteiger partial charge in [0.15, 0.2) is 5.65 Å². The summed E-state index contributed by atoms with van der Waals surface area (Å²) < 4.78 is 41.1. The quantitative estimate of drug-likeness (QED) is 0.588. The summed E-state index contributed by atoms with van der Waals surface area (Å²) in [5.41, 5.74) is -1.26. The molecule has 0 saturated heterocycles. The molecule has 0 unspecified atom stereocenters. The standard InChI is InChI=1S/C19H13F3N4O2/c20-19(21,22)13-6-4-5-12(9-13)10-25-17(27)15-16(24-11-23-15)26(18(25)28)14-7-2-1-3-8-14/h1-9,11H,10H2,(H,23,24). The molecule has 2 aromatic carbocycles. The molecule has 0 radical (unpaired) electrons. The summed E-state index contributed by atoms with van der Waals surface area (Å²) in [6.07, 6.45) is -3.22. The van der Waals surface area contributed by atoms with Crippen molar-refractivity contribution in [2.24, 2.45) is 0 Å². The number of aromatic amines is 1. The SMILES string of the molecule is O=c1c2[nH]cnc2n(-c2ccccc2)c(=O)n1Cc1cccc(C(F)(F)F)c1. The summed E-state index contributed by atoms with van der Waals surface area (Å²) in [5.74, 6) is 0. The van der Waals surface area contributed by atoms with E-state index in [4.69, 9.17) is 0 Å². The van der Waals surface area contributed by atoms with Crippen LogP contribution in [0.2, 0.25) is 0 Å². The maximum Gasteiger partial charge on any atom is 0.416 e. The molecule has 0 saturated carbocycles. The van der Waals surface area contributed by atoms with Gasteiger partial charge in [-0.15, -0.1) is 0 Å². The Labute approximate surface area is 155 Å². The topological polar surface area (TPSA) is 72.7 Å². The fourth-order valence-corrected chi connectivity index (χ4v) is 3.02. The molecule has 0 amide bonds. The molecule has 6 nitrogen and oxygen atoms in total. The minimum absolute atomic E-state index is 0.0930. The van der Waals surface area contributed by atoms with Gasteiger partial charge < -0.3 is 4.98 Å². The van der Waals surface area contributed by atoms with Crippen LogP contribution in [0.15, 0.2) is 70.5 Å². The summed E-state index contributed by atoms with van der Waals surface area (Å²) in [5, 5.41) is 0. The fourth-order valence-electron chi connectivity index (χ4n) is 3.02. The monoisotopic (exact) mass is 386 g/mol. The molecule has 2 aromatic heterocycles. The van der Waals surface area contributed by atoms with Crippen molar-refractivity contribution in [3.63, 3.8) is 0 Å². The number of hydrogen-bond acceptors (Lipinski definition) is 3. The molecule has 142 valence electrons. The molecule has 4 rings (SSSR count). The van der Waals surface area contributed by atoms with Crippen molar-refractivity contribution < 1.29 is 13.2 Å². The number of hydrogen-bond donors (Lipinski definition) is 1. The van der Waals surface area contributed by atoms with Gasteiger partial charge in [0, 0.05) is 0 Å². The number of aromatic nitrogens is 4. The Morgan fingerprint density at radius 1 is 1.00 bits per heavy atom. The molecule has 2 heterocycles. The maximum atomic E-state index is 13.0. The molecule has 0 spiro atoms. The number of nitrogens with one attached hydrogen (secondary N) is 1. The molecule has 0 aliphatic rings. The van der Waals surface area contributed by atoms with Crippen molar-refractivity contribution >= 4 is 11.2 Å². The number of para-hydroxylation sites is 1. The minimum Gasteiger partial charge on any atom is -0.339 e. The Kier molecular flexibility index (Phi) is 4.14. The second-order valence-electron chi connectivity index (χ2n) is 6.14. The van der Waals surface area contributed by atoms with Crippen LogP contribution in [0.4, 0.5) is 13.2 Å². The largest absolute Gasteiger partial charge is 0.416 e. The highest BCUT2D eigenvalue weighted by Crippen LogP contribution is 2.29. The first-order valence-electron chi connectivity index (χ1n) is 8.27. The Bertz CT molecular complexity index is 1270. The van der Waals surface area contributed by atoms with Crippen LogP contribution in [0, 0.1) is 0 Å². The third-order valence-corrected chi connectivity index (χ3v) is 4.32. The van der Waals surface area contributed by atoms with E-state index in [9.17, 15) is 22.8 Å². The van der Waals surface area contributed by atoms with Crippen LogP contribution < -0.4 is 11.2 Å². The first-order chi connectivity index (χ1) is 13.4. The maximum absolute atomic E-state index is 13.0. The molecular formula is C19H13F3N4O2. The zero-order valence-corrected chi connectivity index (χ0v) is 14.3. The van der Waals surface area contributed by atoms with E-state index in [-0.39, 0.29) is 23.3 Å². The predicted molar refractivity (Wildman–Crippen MR) is 96.5 cm³/mol. The number of benzene rings is 2. The predicted octanol–water partition coefficient (Wildman–Crippen LogP) is 2.94. The lowest BCUT2D eigenvalue weighted by Crippen LogP contribution is -2.39. The molecular weight excluding hydrogens is 373 g/mol. The van der Waals surface area contributed by atoms with Crippen molar-refractivity contribution in [2.75, 3.05) is 0 Å². The van der Waals surface area contributed by atoms with E-state index in [1.54, 1.807) is 30.3 Å². The summed E-state index contributed by atoms with van der Waals surface area (Å²) in [7, 11) is 0. The molecule has 0 atom stereocenters.